The molecular formula is C22H31FN2O6. The minimum Gasteiger partial charge on any atom is -0.489 e. The zero-order valence-electron chi connectivity index (χ0n) is 18.6. The predicted octanol–water partition coefficient (Wildman–Crippen LogP) is 3.44. The summed E-state index contributed by atoms with van der Waals surface area (Å²) in [6, 6.07) is 2.65. The molecule has 0 saturated carbocycles. The van der Waals surface area contributed by atoms with E-state index < -0.39 is 29.5 Å². The van der Waals surface area contributed by atoms with Gasteiger partial charge >= 0.3 is 12.1 Å². The van der Waals surface area contributed by atoms with E-state index in [-0.39, 0.29) is 29.2 Å². The second-order valence-corrected chi connectivity index (χ2v) is 8.96. The lowest BCUT2D eigenvalue weighted by atomic mass is 10.0. The molecule has 1 aromatic carbocycles. The van der Waals surface area contributed by atoms with E-state index in [2.05, 4.69) is 5.32 Å². The lowest BCUT2D eigenvalue weighted by Crippen LogP contribution is -2.54. The number of alkyl carbamates (subject to hydrolysis) is 1. The van der Waals surface area contributed by atoms with Gasteiger partial charge in [0.15, 0.2) is 0 Å². The van der Waals surface area contributed by atoms with Crippen molar-refractivity contribution in [2.75, 3.05) is 13.1 Å². The van der Waals surface area contributed by atoms with Crippen LogP contribution in [-0.4, -0.2) is 58.8 Å². The Morgan fingerprint density at radius 1 is 1.19 bits per heavy atom. The van der Waals surface area contributed by atoms with Crippen LogP contribution in [0.4, 0.5) is 9.18 Å². The summed E-state index contributed by atoms with van der Waals surface area (Å²) in [7, 11) is 0. The summed E-state index contributed by atoms with van der Waals surface area (Å²) in [5.41, 5.74) is -0.903. The number of carboxylic acids is 1. The average Bonchev–Trinajstić information content (AvgIpc) is 2.66. The zero-order valence-corrected chi connectivity index (χ0v) is 18.6. The third-order valence-corrected chi connectivity index (χ3v) is 4.82. The molecule has 2 rings (SSSR count). The molecule has 1 atom stereocenters. The summed E-state index contributed by atoms with van der Waals surface area (Å²) in [5.74, 6) is -2.15. The van der Waals surface area contributed by atoms with Crippen LogP contribution < -0.4 is 10.1 Å². The molecule has 2 amide bonds. The Labute approximate surface area is 181 Å². The Balaban J connectivity index is 1.97. The van der Waals surface area contributed by atoms with Crippen LogP contribution in [0.3, 0.4) is 0 Å². The number of carboxylic acid groups (broad SMARTS) is 1. The summed E-state index contributed by atoms with van der Waals surface area (Å²) < 4.78 is 24.4. The van der Waals surface area contributed by atoms with Gasteiger partial charge in [-0.1, -0.05) is 13.8 Å². The number of hydrogen-bond donors (Lipinski definition) is 2. The average molecular weight is 438 g/mol. The molecule has 1 fully saturated rings. The first kappa shape index (κ1) is 24.4. The monoisotopic (exact) mass is 438 g/mol. The van der Waals surface area contributed by atoms with Gasteiger partial charge in [-0.05, 0) is 44.9 Å². The number of carbonyl (C=O) groups excluding carboxylic acids is 2. The van der Waals surface area contributed by atoms with E-state index in [9.17, 15) is 23.9 Å². The molecule has 0 radical (unpaired) electrons. The molecule has 1 aromatic rings. The molecule has 31 heavy (non-hydrogen) atoms. The van der Waals surface area contributed by atoms with Crippen molar-refractivity contribution in [3.63, 3.8) is 0 Å². The lowest BCUT2D eigenvalue weighted by molar-refractivity contribution is -0.136. The molecule has 8 nitrogen and oxygen atoms in total. The summed E-state index contributed by atoms with van der Waals surface area (Å²) in [5, 5.41) is 11.9. The standard InChI is InChI=1S/C22H31FN2O6/c1-13(2)18(24-21(29)31-22(3,4)5)19(26)25-10-8-15(9-11-25)30-17-7-6-14(23)12-16(17)20(27)28/h6-7,12-13,15,18H,8-11H2,1-5H3,(H,24,29)(H,27,28)/t18-/m0/s1. The van der Waals surface area contributed by atoms with Gasteiger partial charge in [0, 0.05) is 25.9 Å². The molecule has 0 unspecified atom stereocenters. The summed E-state index contributed by atoms with van der Waals surface area (Å²) in [6.45, 7) is 9.73. The van der Waals surface area contributed by atoms with E-state index in [4.69, 9.17) is 9.47 Å². The van der Waals surface area contributed by atoms with Gasteiger partial charge in [-0.15, -0.1) is 0 Å². The van der Waals surface area contributed by atoms with E-state index in [0.29, 0.717) is 25.9 Å². The van der Waals surface area contributed by atoms with Crippen LogP contribution >= 0.6 is 0 Å². The second kappa shape index (κ2) is 9.98. The van der Waals surface area contributed by atoms with Crippen LogP contribution in [0, 0.1) is 11.7 Å². The van der Waals surface area contributed by atoms with Gasteiger partial charge in [-0.2, -0.15) is 0 Å². The Morgan fingerprint density at radius 3 is 2.32 bits per heavy atom. The number of piperidine rings is 1. The normalized spacial score (nSPS) is 16.0. The number of benzene rings is 1. The van der Waals surface area contributed by atoms with Crippen molar-refractivity contribution in [2.24, 2.45) is 5.92 Å². The number of nitrogens with zero attached hydrogens (tertiary/aromatic N) is 1. The molecule has 172 valence electrons. The number of rotatable bonds is 6. The van der Waals surface area contributed by atoms with Gasteiger partial charge in [0.05, 0.1) is 0 Å². The Morgan fingerprint density at radius 2 is 1.81 bits per heavy atom. The fraction of sp³-hybridized carbons (Fsp3) is 0.591. The molecule has 0 aromatic heterocycles. The summed E-state index contributed by atoms with van der Waals surface area (Å²) in [6.07, 6.45) is 0.0259. The predicted molar refractivity (Wildman–Crippen MR) is 112 cm³/mol. The fourth-order valence-electron chi connectivity index (χ4n) is 3.29. The van der Waals surface area contributed by atoms with Crippen LogP contribution in [0.5, 0.6) is 5.75 Å². The third-order valence-electron chi connectivity index (χ3n) is 4.82. The van der Waals surface area contributed by atoms with Crippen LogP contribution in [0.25, 0.3) is 0 Å². The van der Waals surface area contributed by atoms with Gasteiger partial charge in [-0.25, -0.2) is 14.0 Å². The van der Waals surface area contributed by atoms with E-state index in [0.717, 1.165) is 12.1 Å². The van der Waals surface area contributed by atoms with Gasteiger partial charge in [-0.3, -0.25) is 4.79 Å². The molecule has 1 saturated heterocycles. The van der Waals surface area contributed by atoms with Crippen molar-refractivity contribution >= 4 is 18.0 Å². The van der Waals surface area contributed by atoms with Gasteiger partial charge in [0.1, 0.15) is 34.9 Å². The molecule has 1 aliphatic heterocycles. The van der Waals surface area contributed by atoms with Gasteiger partial charge < -0.3 is 24.8 Å². The van der Waals surface area contributed by atoms with Crippen LogP contribution in [-0.2, 0) is 9.53 Å². The van der Waals surface area contributed by atoms with Crippen LogP contribution in [0.15, 0.2) is 18.2 Å². The third kappa shape index (κ3) is 7.11. The van der Waals surface area contributed by atoms with Gasteiger partial charge in [0.2, 0.25) is 5.91 Å². The quantitative estimate of drug-likeness (QED) is 0.705. The highest BCUT2D eigenvalue weighted by Gasteiger charge is 2.33. The maximum atomic E-state index is 13.3. The molecule has 0 bridgehead atoms. The maximum absolute atomic E-state index is 13.3. The zero-order chi connectivity index (χ0) is 23.3. The van der Waals surface area contributed by atoms with E-state index >= 15 is 0 Å². The molecule has 1 heterocycles. The molecule has 2 N–H and O–H groups in total. The second-order valence-electron chi connectivity index (χ2n) is 8.96. The SMILES string of the molecule is CC(C)[C@H](NC(=O)OC(C)(C)C)C(=O)N1CCC(Oc2ccc(F)cc2C(=O)O)CC1. The van der Waals surface area contributed by atoms with Crippen molar-refractivity contribution in [1.82, 2.24) is 10.2 Å². The lowest BCUT2D eigenvalue weighted by Gasteiger charge is -2.35. The number of ether oxygens (including phenoxy) is 2. The smallest absolute Gasteiger partial charge is 0.408 e. The molecule has 1 aliphatic rings. The molecule has 0 aliphatic carbocycles. The summed E-state index contributed by atoms with van der Waals surface area (Å²) >= 11 is 0. The first-order chi connectivity index (χ1) is 14.4. The number of hydrogen-bond acceptors (Lipinski definition) is 5. The maximum Gasteiger partial charge on any atom is 0.408 e. The van der Waals surface area contributed by atoms with Crippen molar-refractivity contribution in [3.8, 4) is 5.75 Å². The number of amides is 2. The van der Waals surface area contributed by atoms with E-state index in [1.54, 1.807) is 25.7 Å². The van der Waals surface area contributed by atoms with Crippen molar-refractivity contribution in [2.45, 2.75) is 65.2 Å². The number of likely N-dealkylation sites (tertiary alicyclic amines) is 1. The topological polar surface area (TPSA) is 105 Å². The first-order valence-electron chi connectivity index (χ1n) is 10.3. The van der Waals surface area contributed by atoms with Gasteiger partial charge in [0.25, 0.3) is 0 Å². The highest BCUT2D eigenvalue weighted by molar-refractivity contribution is 5.90. The van der Waals surface area contributed by atoms with E-state index in [1.807, 2.05) is 13.8 Å². The minimum atomic E-state index is -1.27. The molecule has 0 spiro atoms. The van der Waals surface area contributed by atoms with Crippen molar-refractivity contribution in [1.29, 1.82) is 0 Å². The van der Waals surface area contributed by atoms with E-state index in [1.165, 1.54) is 6.07 Å². The molecule has 9 heteroatoms. The Hall–Kier alpha value is -2.84. The number of aromatic carboxylic acids is 1. The summed E-state index contributed by atoms with van der Waals surface area (Å²) in [4.78, 5) is 38.1. The highest BCUT2D eigenvalue weighted by atomic mass is 19.1. The van der Waals surface area contributed by atoms with Crippen molar-refractivity contribution < 1.29 is 33.4 Å². The fourth-order valence-corrected chi connectivity index (χ4v) is 3.29. The largest absolute Gasteiger partial charge is 0.489 e. The number of halogens is 1. The Kier molecular flexibility index (Phi) is 7.86. The van der Waals surface area contributed by atoms with Crippen molar-refractivity contribution in [3.05, 3.63) is 29.6 Å². The highest BCUT2D eigenvalue weighted by Crippen LogP contribution is 2.25. The number of carbonyl (C=O) groups is 3. The minimum absolute atomic E-state index is 0.102. The Bertz CT molecular complexity index is 813. The van der Waals surface area contributed by atoms with Crippen LogP contribution in [0.2, 0.25) is 0 Å². The number of nitrogens with one attached hydrogen (secondary N) is 1. The van der Waals surface area contributed by atoms with Crippen LogP contribution in [0.1, 0.15) is 57.8 Å². The molecular weight excluding hydrogens is 407 g/mol. The first-order valence-corrected chi connectivity index (χ1v) is 10.3.